The normalized spacial score (nSPS) is 12.2. The second-order valence-electron chi connectivity index (χ2n) is 4.31. The summed E-state index contributed by atoms with van der Waals surface area (Å²) in [4.78, 5) is 0. The maximum atomic E-state index is 13.7. The third-order valence-corrected chi connectivity index (χ3v) is 4.10. The van der Waals surface area contributed by atoms with Crippen LogP contribution in [0.3, 0.4) is 0 Å². The first kappa shape index (κ1) is 15.3. The number of aliphatic hydroxyl groups excluding tert-OH is 1. The van der Waals surface area contributed by atoms with Crippen LogP contribution >= 0.6 is 27.5 Å². The highest BCUT2D eigenvalue weighted by molar-refractivity contribution is 9.10. The number of methoxy groups -OCH3 is 1. The first-order valence-electron chi connectivity index (χ1n) is 5.97. The molecular weight excluding hydrogens is 347 g/mol. The van der Waals surface area contributed by atoms with Crippen molar-refractivity contribution in [2.24, 2.45) is 0 Å². The Morgan fingerprint density at radius 1 is 1.35 bits per heavy atom. The third kappa shape index (κ3) is 3.32. The van der Waals surface area contributed by atoms with Crippen LogP contribution < -0.4 is 4.74 Å². The van der Waals surface area contributed by atoms with E-state index in [1.807, 2.05) is 0 Å². The zero-order chi connectivity index (χ0) is 14.7. The van der Waals surface area contributed by atoms with E-state index in [9.17, 15) is 9.50 Å². The Hall–Kier alpha value is -1.10. The number of ether oxygens (including phenoxy) is 1. The Kier molecular flexibility index (Phi) is 5.02. The van der Waals surface area contributed by atoms with E-state index < -0.39 is 11.9 Å². The quantitative estimate of drug-likeness (QED) is 0.869. The number of hydrogen-bond donors (Lipinski definition) is 1. The third-order valence-electron chi connectivity index (χ3n) is 3.02. The lowest BCUT2D eigenvalue weighted by Crippen LogP contribution is -2.05. The molecule has 2 aromatic rings. The van der Waals surface area contributed by atoms with Crippen LogP contribution in [0.15, 0.2) is 40.9 Å². The van der Waals surface area contributed by atoms with Gasteiger partial charge in [0, 0.05) is 21.5 Å². The first-order valence-corrected chi connectivity index (χ1v) is 7.14. The summed E-state index contributed by atoms with van der Waals surface area (Å²) in [6, 6.07) is 9.73. The molecule has 0 amide bonds. The highest BCUT2D eigenvalue weighted by Crippen LogP contribution is 2.31. The SMILES string of the molecule is COc1ccc(Br)c(C(O)Cc2c(F)cccc2Cl)c1. The first-order chi connectivity index (χ1) is 9.52. The van der Waals surface area contributed by atoms with E-state index in [-0.39, 0.29) is 6.42 Å². The summed E-state index contributed by atoms with van der Waals surface area (Å²) >= 11 is 9.34. The molecule has 0 aromatic heterocycles. The Bertz CT molecular complexity index is 599. The largest absolute Gasteiger partial charge is 0.497 e. The van der Waals surface area contributed by atoms with Crippen LogP contribution in [0.4, 0.5) is 4.39 Å². The summed E-state index contributed by atoms with van der Waals surface area (Å²) in [6.45, 7) is 0. The highest BCUT2D eigenvalue weighted by Gasteiger charge is 2.17. The van der Waals surface area contributed by atoms with Gasteiger partial charge in [0.05, 0.1) is 13.2 Å². The van der Waals surface area contributed by atoms with Crippen molar-refractivity contribution in [2.75, 3.05) is 7.11 Å². The molecular formula is C15H13BrClFO2. The fourth-order valence-electron chi connectivity index (χ4n) is 1.93. The summed E-state index contributed by atoms with van der Waals surface area (Å²) in [5.74, 6) is 0.206. The van der Waals surface area contributed by atoms with Gasteiger partial charge in [0.25, 0.3) is 0 Å². The molecule has 2 nitrogen and oxygen atoms in total. The fraction of sp³-hybridized carbons (Fsp3) is 0.200. The molecule has 0 radical (unpaired) electrons. The molecule has 0 aliphatic carbocycles. The number of hydrogen-bond acceptors (Lipinski definition) is 2. The van der Waals surface area contributed by atoms with E-state index in [0.29, 0.717) is 21.9 Å². The lowest BCUT2D eigenvalue weighted by molar-refractivity contribution is 0.176. The Labute approximate surface area is 130 Å². The summed E-state index contributed by atoms with van der Waals surface area (Å²) in [7, 11) is 1.55. The van der Waals surface area contributed by atoms with Crippen molar-refractivity contribution in [2.45, 2.75) is 12.5 Å². The van der Waals surface area contributed by atoms with Gasteiger partial charge in [-0.05, 0) is 35.9 Å². The summed E-state index contributed by atoms with van der Waals surface area (Å²) in [6.07, 6.45) is -0.786. The fourth-order valence-corrected chi connectivity index (χ4v) is 2.69. The van der Waals surface area contributed by atoms with Crippen molar-refractivity contribution in [3.63, 3.8) is 0 Å². The van der Waals surface area contributed by atoms with Gasteiger partial charge < -0.3 is 9.84 Å². The maximum Gasteiger partial charge on any atom is 0.127 e. The van der Waals surface area contributed by atoms with Crippen molar-refractivity contribution in [3.05, 3.63) is 62.8 Å². The second-order valence-corrected chi connectivity index (χ2v) is 5.57. The van der Waals surface area contributed by atoms with Crippen molar-refractivity contribution < 1.29 is 14.2 Å². The minimum atomic E-state index is -0.881. The number of halogens is 3. The van der Waals surface area contributed by atoms with E-state index >= 15 is 0 Å². The second kappa shape index (κ2) is 6.57. The molecule has 0 aliphatic rings. The molecule has 0 spiro atoms. The predicted octanol–water partition coefficient (Wildman–Crippen LogP) is 4.53. The molecule has 2 aromatic carbocycles. The van der Waals surface area contributed by atoms with E-state index in [1.54, 1.807) is 31.4 Å². The lowest BCUT2D eigenvalue weighted by Gasteiger charge is -2.15. The van der Waals surface area contributed by atoms with E-state index in [0.717, 1.165) is 4.47 Å². The van der Waals surface area contributed by atoms with Gasteiger partial charge in [-0.2, -0.15) is 0 Å². The molecule has 0 fully saturated rings. The molecule has 0 heterocycles. The van der Waals surface area contributed by atoms with Gasteiger partial charge in [0.1, 0.15) is 11.6 Å². The minimum Gasteiger partial charge on any atom is -0.497 e. The molecule has 106 valence electrons. The van der Waals surface area contributed by atoms with Crippen LogP contribution in [0.5, 0.6) is 5.75 Å². The monoisotopic (exact) mass is 358 g/mol. The molecule has 1 unspecified atom stereocenters. The van der Waals surface area contributed by atoms with Crippen molar-refractivity contribution in [1.29, 1.82) is 0 Å². The van der Waals surface area contributed by atoms with Gasteiger partial charge in [-0.15, -0.1) is 0 Å². The molecule has 0 saturated heterocycles. The Morgan fingerprint density at radius 3 is 2.75 bits per heavy atom. The molecule has 0 bridgehead atoms. The molecule has 2 rings (SSSR count). The summed E-state index contributed by atoms with van der Waals surface area (Å²) < 4.78 is 19.6. The van der Waals surface area contributed by atoms with Gasteiger partial charge >= 0.3 is 0 Å². The molecule has 0 saturated carbocycles. The predicted molar refractivity (Wildman–Crippen MR) is 80.8 cm³/mol. The van der Waals surface area contributed by atoms with Crippen LogP contribution in [0.25, 0.3) is 0 Å². The topological polar surface area (TPSA) is 29.5 Å². The van der Waals surface area contributed by atoms with E-state index in [2.05, 4.69) is 15.9 Å². The van der Waals surface area contributed by atoms with Crippen molar-refractivity contribution >= 4 is 27.5 Å². The zero-order valence-electron chi connectivity index (χ0n) is 10.7. The lowest BCUT2D eigenvalue weighted by atomic mass is 10.0. The van der Waals surface area contributed by atoms with Gasteiger partial charge in [-0.25, -0.2) is 4.39 Å². The standard InChI is InChI=1S/C15H13BrClFO2/c1-20-9-5-6-12(16)10(7-9)15(19)8-11-13(17)3-2-4-14(11)18/h2-7,15,19H,8H2,1H3. The Morgan fingerprint density at radius 2 is 2.10 bits per heavy atom. The molecule has 1 atom stereocenters. The summed E-state index contributed by atoms with van der Waals surface area (Å²) in [5, 5.41) is 10.6. The van der Waals surface area contributed by atoms with Crippen LogP contribution in [0, 0.1) is 5.82 Å². The van der Waals surface area contributed by atoms with Gasteiger partial charge in [-0.3, -0.25) is 0 Å². The maximum absolute atomic E-state index is 13.7. The van der Waals surface area contributed by atoms with Crippen molar-refractivity contribution in [3.8, 4) is 5.75 Å². The summed E-state index contributed by atoms with van der Waals surface area (Å²) in [5.41, 5.74) is 0.931. The van der Waals surface area contributed by atoms with Crippen LogP contribution in [0.2, 0.25) is 5.02 Å². The minimum absolute atomic E-state index is 0.0945. The van der Waals surface area contributed by atoms with Gasteiger partial charge in [0.15, 0.2) is 0 Å². The zero-order valence-corrected chi connectivity index (χ0v) is 13.1. The van der Waals surface area contributed by atoms with Crippen molar-refractivity contribution in [1.82, 2.24) is 0 Å². The van der Waals surface area contributed by atoms with Crippen LogP contribution in [-0.4, -0.2) is 12.2 Å². The van der Waals surface area contributed by atoms with Crippen LogP contribution in [-0.2, 0) is 6.42 Å². The highest BCUT2D eigenvalue weighted by atomic mass is 79.9. The number of benzene rings is 2. The molecule has 1 N–H and O–H groups in total. The van der Waals surface area contributed by atoms with E-state index in [1.165, 1.54) is 12.1 Å². The average molecular weight is 360 g/mol. The molecule has 20 heavy (non-hydrogen) atoms. The smallest absolute Gasteiger partial charge is 0.127 e. The molecule has 5 heteroatoms. The van der Waals surface area contributed by atoms with Gasteiger partial charge in [0.2, 0.25) is 0 Å². The molecule has 0 aliphatic heterocycles. The Balaban J connectivity index is 2.30. The average Bonchev–Trinajstić information content (AvgIpc) is 2.43. The number of aliphatic hydroxyl groups is 1. The van der Waals surface area contributed by atoms with Crippen LogP contribution in [0.1, 0.15) is 17.2 Å². The number of rotatable bonds is 4. The van der Waals surface area contributed by atoms with E-state index in [4.69, 9.17) is 16.3 Å². The van der Waals surface area contributed by atoms with Gasteiger partial charge in [-0.1, -0.05) is 33.6 Å².